The second kappa shape index (κ2) is 9.03. The fourth-order valence-electron chi connectivity index (χ4n) is 6.31. The molecule has 0 saturated carbocycles. The fraction of sp³-hybridized carbons (Fsp3) is 0.241. The van der Waals surface area contributed by atoms with Crippen LogP contribution in [-0.4, -0.2) is 33.4 Å². The van der Waals surface area contributed by atoms with Gasteiger partial charge in [-0.3, -0.25) is 24.1 Å². The molecule has 0 bridgehead atoms. The van der Waals surface area contributed by atoms with Gasteiger partial charge in [0.25, 0.3) is 0 Å². The SMILES string of the molecule is O=C1C=C(Br)C(=O)C2=C1[C@@H](c1cc(Br)ccc1O)C1=CC[C@@H]3C(=O)N(Cc4ccccc4)C(=O)[C@@H]3[C@@H]1C2. The van der Waals surface area contributed by atoms with Crippen LogP contribution in [0.4, 0.5) is 0 Å². The summed E-state index contributed by atoms with van der Waals surface area (Å²) in [5, 5.41) is 10.8. The molecule has 3 aliphatic carbocycles. The van der Waals surface area contributed by atoms with E-state index in [-0.39, 0.29) is 46.6 Å². The summed E-state index contributed by atoms with van der Waals surface area (Å²) in [6.45, 7) is 0.197. The van der Waals surface area contributed by atoms with Gasteiger partial charge in [0.1, 0.15) is 5.75 Å². The quantitative estimate of drug-likeness (QED) is 0.292. The van der Waals surface area contributed by atoms with Gasteiger partial charge in [0.2, 0.25) is 11.8 Å². The summed E-state index contributed by atoms with van der Waals surface area (Å²) < 4.78 is 0.888. The lowest BCUT2D eigenvalue weighted by atomic mass is 9.59. The topological polar surface area (TPSA) is 91.8 Å². The highest BCUT2D eigenvalue weighted by molar-refractivity contribution is 9.12. The summed E-state index contributed by atoms with van der Waals surface area (Å²) in [4.78, 5) is 55.1. The van der Waals surface area contributed by atoms with Gasteiger partial charge in [0.15, 0.2) is 11.6 Å². The molecule has 6 rings (SSSR count). The number of carbonyl (C=O) groups is 4. The van der Waals surface area contributed by atoms with Crippen molar-refractivity contribution in [2.75, 3.05) is 0 Å². The number of ketones is 2. The van der Waals surface area contributed by atoms with E-state index in [1.165, 1.54) is 11.0 Å². The van der Waals surface area contributed by atoms with E-state index in [0.29, 0.717) is 27.6 Å². The first kappa shape index (κ1) is 24.2. The van der Waals surface area contributed by atoms with E-state index in [0.717, 1.165) is 11.1 Å². The Morgan fingerprint density at radius 1 is 0.946 bits per heavy atom. The second-order valence-electron chi connectivity index (χ2n) is 9.84. The van der Waals surface area contributed by atoms with Crippen molar-refractivity contribution in [2.45, 2.75) is 25.3 Å². The Kier molecular flexibility index (Phi) is 5.92. The average Bonchev–Trinajstić information content (AvgIpc) is 3.13. The lowest BCUT2D eigenvalue weighted by Gasteiger charge is -2.42. The molecular weight excluding hydrogens is 602 g/mol. The first-order valence-corrected chi connectivity index (χ1v) is 13.6. The third-order valence-electron chi connectivity index (χ3n) is 7.91. The Hall–Kier alpha value is -3.10. The monoisotopic (exact) mass is 621 g/mol. The Morgan fingerprint density at radius 2 is 1.70 bits per heavy atom. The number of rotatable bonds is 3. The van der Waals surface area contributed by atoms with Crippen LogP contribution in [0.1, 0.15) is 29.9 Å². The van der Waals surface area contributed by atoms with Crippen molar-refractivity contribution in [3.63, 3.8) is 0 Å². The maximum atomic E-state index is 13.8. The van der Waals surface area contributed by atoms with Crippen LogP contribution in [0.2, 0.25) is 0 Å². The summed E-state index contributed by atoms with van der Waals surface area (Å²) in [7, 11) is 0. The van der Waals surface area contributed by atoms with Gasteiger partial charge >= 0.3 is 0 Å². The van der Waals surface area contributed by atoms with Crippen LogP contribution in [0.5, 0.6) is 5.75 Å². The van der Waals surface area contributed by atoms with Gasteiger partial charge in [-0.15, -0.1) is 0 Å². The first-order valence-electron chi connectivity index (χ1n) is 12.0. The highest BCUT2D eigenvalue weighted by Crippen LogP contribution is 2.56. The van der Waals surface area contributed by atoms with E-state index in [1.54, 1.807) is 18.2 Å². The zero-order valence-corrected chi connectivity index (χ0v) is 22.7. The van der Waals surface area contributed by atoms with Gasteiger partial charge in [-0.2, -0.15) is 0 Å². The Labute approximate surface area is 230 Å². The summed E-state index contributed by atoms with van der Waals surface area (Å²) in [5.74, 6) is -3.33. The van der Waals surface area contributed by atoms with E-state index < -0.39 is 23.7 Å². The smallest absolute Gasteiger partial charge is 0.234 e. The Morgan fingerprint density at radius 3 is 2.46 bits per heavy atom. The zero-order chi connectivity index (χ0) is 26.0. The van der Waals surface area contributed by atoms with Crippen LogP contribution in [0, 0.1) is 17.8 Å². The number of phenolic OH excluding ortho intramolecular Hbond substituents is 1. The molecule has 37 heavy (non-hydrogen) atoms. The van der Waals surface area contributed by atoms with E-state index in [2.05, 4.69) is 31.9 Å². The third-order valence-corrected chi connectivity index (χ3v) is 8.99. The number of nitrogens with zero attached hydrogens (tertiary/aromatic N) is 1. The average molecular weight is 623 g/mol. The molecule has 0 unspecified atom stereocenters. The first-order chi connectivity index (χ1) is 17.8. The minimum absolute atomic E-state index is 0.00267. The summed E-state index contributed by atoms with van der Waals surface area (Å²) in [5.41, 5.74) is 2.84. The van der Waals surface area contributed by atoms with Gasteiger partial charge in [0.05, 0.1) is 22.9 Å². The molecule has 1 aliphatic heterocycles. The van der Waals surface area contributed by atoms with Gasteiger partial charge < -0.3 is 5.11 Å². The minimum Gasteiger partial charge on any atom is -0.508 e. The molecule has 0 aromatic heterocycles. The molecular formula is C29H21Br2NO5. The molecule has 2 amide bonds. The van der Waals surface area contributed by atoms with Crippen molar-refractivity contribution in [1.82, 2.24) is 4.90 Å². The third kappa shape index (κ3) is 3.80. The van der Waals surface area contributed by atoms with Crippen molar-refractivity contribution < 1.29 is 24.3 Å². The number of hydrogen-bond acceptors (Lipinski definition) is 5. The van der Waals surface area contributed by atoms with Crippen LogP contribution >= 0.6 is 31.9 Å². The van der Waals surface area contributed by atoms with Crippen LogP contribution in [-0.2, 0) is 25.7 Å². The molecule has 2 aromatic rings. The molecule has 0 spiro atoms. The van der Waals surface area contributed by atoms with Crippen molar-refractivity contribution in [3.8, 4) is 5.75 Å². The number of allylic oxidation sites excluding steroid dienone is 6. The number of imide groups is 1. The number of phenols is 1. The molecule has 4 aliphatic rings. The number of benzene rings is 2. The van der Waals surface area contributed by atoms with E-state index in [1.807, 2.05) is 36.4 Å². The van der Waals surface area contributed by atoms with E-state index in [4.69, 9.17) is 0 Å². The lowest BCUT2D eigenvalue weighted by molar-refractivity contribution is -0.140. The molecule has 1 fully saturated rings. The maximum absolute atomic E-state index is 13.8. The lowest BCUT2D eigenvalue weighted by Crippen LogP contribution is -2.39. The number of fused-ring (bicyclic) bond motifs is 3. The van der Waals surface area contributed by atoms with Crippen LogP contribution in [0.25, 0.3) is 0 Å². The van der Waals surface area contributed by atoms with Gasteiger partial charge in [0, 0.05) is 33.2 Å². The Balaban J connectivity index is 1.47. The summed E-state index contributed by atoms with van der Waals surface area (Å²) in [6, 6.07) is 14.4. The standard InChI is InChI=1S/C29H21Br2NO5/c30-15-6-9-22(33)19(10-15)24-16-7-8-17-25(18(16)11-20-26(24)23(34)12-21(31)27(20)35)29(37)32(28(17)36)13-14-4-2-1-3-5-14/h1-7,9-10,12,17-18,24-25,33H,8,11,13H2/t17-,18+,24+,25-/m0/s1. The summed E-state index contributed by atoms with van der Waals surface area (Å²) >= 11 is 6.68. The number of carbonyl (C=O) groups excluding carboxylic acids is 4. The normalized spacial score (nSPS) is 27.0. The predicted octanol–water partition coefficient (Wildman–Crippen LogP) is 5.12. The number of halogens is 2. The van der Waals surface area contributed by atoms with Crippen LogP contribution in [0.3, 0.4) is 0 Å². The minimum atomic E-state index is -0.688. The number of Topliss-reactive ketones (excluding diaryl/α,β-unsaturated/α-hetero) is 1. The number of likely N-dealkylation sites (tertiary alicyclic amines) is 1. The molecule has 1 heterocycles. The maximum Gasteiger partial charge on any atom is 0.234 e. The zero-order valence-electron chi connectivity index (χ0n) is 19.5. The number of aromatic hydroxyl groups is 1. The molecule has 6 nitrogen and oxygen atoms in total. The Bertz CT molecular complexity index is 1490. The van der Waals surface area contributed by atoms with E-state index >= 15 is 0 Å². The molecule has 8 heteroatoms. The van der Waals surface area contributed by atoms with E-state index in [9.17, 15) is 24.3 Å². The molecule has 4 atom stereocenters. The highest BCUT2D eigenvalue weighted by atomic mass is 79.9. The van der Waals surface area contributed by atoms with Gasteiger partial charge in [-0.05, 0) is 58.5 Å². The molecule has 2 aromatic carbocycles. The van der Waals surface area contributed by atoms with Crippen LogP contribution < -0.4 is 0 Å². The van der Waals surface area contributed by atoms with Crippen molar-refractivity contribution in [1.29, 1.82) is 0 Å². The number of hydrogen-bond donors (Lipinski definition) is 1. The highest BCUT2D eigenvalue weighted by Gasteiger charge is 2.56. The molecule has 186 valence electrons. The van der Waals surface area contributed by atoms with Crippen LogP contribution in [0.15, 0.2) is 86.4 Å². The van der Waals surface area contributed by atoms with Crippen molar-refractivity contribution in [2.24, 2.45) is 17.8 Å². The molecule has 1 saturated heterocycles. The number of amides is 2. The van der Waals surface area contributed by atoms with Crippen molar-refractivity contribution in [3.05, 3.63) is 97.5 Å². The molecule has 1 N–H and O–H groups in total. The second-order valence-corrected chi connectivity index (χ2v) is 11.6. The van der Waals surface area contributed by atoms with Gasteiger partial charge in [-0.1, -0.05) is 57.9 Å². The van der Waals surface area contributed by atoms with Gasteiger partial charge in [-0.25, -0.2) is 0 Å². The fourth-order valence-corrected chi connectivity index (χ4v) is 7.13. The predicted molar refractivity (Wildman–Crippen MR) is 142 cm³/mol. The molecule has 0 radical (unpaired) electrons. The van der Waals surface area contributed by atoms with Crippen molar-refractivity contribution >= 4 is 55.2 Å². The largest absolute Gasteiger partial charge is 0.508 e. The summed E-state index contributed by atoms with van der Waals surface area (Å²) in [6.07, 6.45) is 3.78.